The Bertz CT molecular complexity index is 568. The van der Waals surface area contributed by atoms with E-state index in [0.717, 1.165) is 44.2 Å². The van der Waals surface area contributed by atoms with Crippen molar-refractivity contribution in [1.29, 1.82) is 0 Å². The first-order valence-electron chi connectivity index (χ1n) is 7.86. The number of nitrogens with two attached hydrogens (primary N) is 1. The van der Waals surface area contributed by atoms with E-state index in [1.807, 2.05) is 17.0 Å². The van der Waals surface area contributed by atoms with Gasteiger partial charge in [0.15, 0.2) is 0 Å². The van der Waals surface area contributed by atoms with E-state index in [1.54, 1.807) is 0 Å². The highest BCUT2D eigenvalue weighted by Gasteiger charge is 2.29. The van der Waals surface area contributed by atoms with E-state index in [9.17, 15) is 9.59 Å². The number of piperidine rings is 1. The number of carbonyl (C=O) groups excluding carboxylic acids is 2. The molecule has 0 radical (unpaired) electrons. The van der Waals surface area contributed by atoms with E-state index in [4.69, 9.17) is 5.73 Å². The summed E-state index contributed by atoms with van der Waals surface area (Å²) in [4.78, 5) is 25.8. The first-order chi connectivity index (χ1) is 10.1. The average Bonchev–Trinajstić information content (AvgIpc) is 2.94. The minimum atomic E-state index is -0.325. The van der Waals surface area contributed by atoms with Gasteiger partial charge in [0.2, 0.25) is 5.91 Å². The Labute approximate surface area is 125 Å². The Kier molecular flexibility index (Phi) is 3.95. The van der Waals surface area contributed by atoms with Crippen molar-refractivity contribution in [2.45, 2.75) is 51.0 Å². The zero-order chi connectivity index (χ0) is 14.8. The molecule has 1 aromatic rings. The van der Waals surface area contributed by atoms with Crippen LogP contribution in [0.5, 0.6) is 0 Å². The third-order valence-electron chi connectivity index (χ3n) is 4.67. The van der Waals surface area contributed by atoms with Crippen molar-refractivity contribution in [1.82, 2.24) is 4.90 Å². The molecule has 1 heterocycles. The number of hydrogen-bond donors (Lipinski definition) is 1. The Balaban J connectivity index is 1.80. The largest absolute Gasteiger partial charge is 0.370 e. The van der Waals surface area contributed by atoms with Gasteiger partial charge in [-0.25, -0.2) is 0 Å². The smallest absolute Gasteiger partial charge is 0.254 e. The Hall–Kier alpha value is -1.84. The average molecular weight is 286 g/mol. The van der Waals surface area contributed by atoms with Crippen molar-refractivity contribution in [2.75, 3.05) is 6.54 Å². The van der Waals surface area contributed by atoms with Crippen molar-refractivity contribution in [3.05, 3.63) is 34.9 Å². The van der Waals surface area contributed by atoms with Crippen LogP contribution in [0.25, 0.3) is 0 Å². The highest BCUT2D eigenvalue weighted by atomic mass is 16.2. The summed E-state index contributed by atoms with van der Waals surface area (Å²) in [5, 5.41) is 0. The van der Waals surface area contributed by atoms with Crippen molar-refractivity contribution in [2.24, 2.45) is 5.73 Å². The highest BCUT2D eigenvalue weighted by Crippen LogP contribution is 2.26. The summed E-state index contributed by atoms with van der Waals surface area (Å²) in [7, 11) is 0. The number of fused-ring (bicyclic) bond motifs is 1. The second kappa shape index (κ2) is 5.88. The molecule has 1 fully saturated rings. The number of hydrogen-bond acceptors (Lipinski definition) is 2. The Morgan fingerprint density at radius 2 is 1.95 bits per heavy atom. The molecule has 112 valence electrons. The molecule has 4 nitrogen and oxygen atoms in total. The van der Waals surface area contributed by atoms with E-state index in [0.29, 0.717) is 0 Å². The molecule has 1 atom stereocenters. The van der Waals surface area contributed by atoms with Crippen molar-refractivity contribution >= 4 is 11.8 Å². The molecule has 21 heavy (non-hydrogen) atoms. The van der Waals surface area contributed by atoms with Crippen LogP contribution < -0.4 is 5.73 Å². The second-order valence-corrected chi connectivity index (χ2v) is 6.16. The molecule has 0 bridgehead atoms. The van der Waals surface area contributed by atoms with Crippen LogP contribution in [0.3, 0.4) is 0 Å². The van der Waals surface area contributed by atoms with E-state index in [1.165, 1.54) is 17.5 Å². The lowest BCUT2D eigenvalue weighted by molar-refractivity contribution is -0.119. The lowest BCUT2D eigenvalue weighted by Gasteiger charge is -2.35. The number of aryl methyl sites for hydroxylation is 2. The second-order valence-electron chi connectivity index (χ2n) is 6.16. The topological polar surface area (TPSA) is 63.4 Å². The van der Waals surface area contributed by atoms with E-state index < -0.39 is 0 Å². The van der Waals surface area contributed by atoms with Gasteiger partial charge in [-0.1, -0.05) is 6.07 Å². The molecule has 1 saturated heterocycles. The van der Waals surface area contributed by atoms with Gasteiger partial charge >= 0.3 is 0 Å². The number of rotatable bonds is 3. The lowest BCUT2D eigenvalue weighted by Crippen LogP contribution is -2.45. The van der Waals surface area contributed by atoms with Gasteiger partial charge in [0.25, 0.3) is 5.91 Å². The first kappa shape index (κ1) is 14.1. The van der Waals surface area contributed by atoms with E-state index >= 15 is 0 Å². The van der Waals surface area contributed by atoms with Crippen LogP contribution in [0.1, 0.15) is 53.6 Å². The van der Waals surface area contributed by atoms with Crippen LogP contribution in [0.15, 0.2) is 18.2 Å². The van der Waals surface area contributed by atoms with Gasteiger partial charge in [-0.3, -0.25) is 9.59 Å². The molecule has 0 spiro atoms. The van der Waals surface area contributed by atoms with Crippen LogP contribution in [0.4, 0.5) is 0 Å². The maximum atomic E-state index is 12.8. The van der Waals surface area contributed by atoms with Crippen molar-refractivity contribution in [3.63, 3.8) is 0 Å². The molecule has 4 heteroatoms. The quantitative estimate of drug-likeness (QED) is 0.924. The predicted molar refractivity (Wildman–Crippen MR) is 81.0 cm³/mol. The minimum Gasteiger partial charge on any atom is -0.370 e. The van der Waals surface area contributed by atoms with Crippen LogP contribution in [-0.2, 0) is 17.6 Å². The summed E-state index contributed by atoms with van der Waals surface area (Å²) in [5.41, 5.74) is 8.76. The third kappa shape index (κ3) is 2.94. The van der Waals surface area contributed by atoms with Crippen LogP contribution >= 0.6 is 0 Å². The zero-order valence-corrected chi connectivity index (χ0v) is 12.3. The third-order valence-corrected chi connectivity index (χ3v) is 4.67. The number of benzene rings is 1. The predicted octanol–water partition coefficient (Wildman–Crippen LogP) is 2.05. The standard InChI is InChI=1S/C17H22N2O2/c18-16(20)11-15-6-1-2-9-19(15)17(21)14-8-7-12-4-3-5-13(12)10-14/h7-8,10,15H,1-6,9,11H2,(H2,18,20). The monoisotopic (exact) mass is 286 g/mol. The van der Waals surface area contributed by atoms with Gasteiger partial charge in [0.1, 0.15) is 0 Å². The number of primary amides is 1. The number of likely N-dealkylation sites (tertiary alicyclic amines) is 1. The Morgan fingerprint density at radius 3 is 2.76 bits per heavy atom. The fourth-order valence-corrected chi connectivity index (χ4v) is 3.58. The van der Waals surface area contributed by atoms with Crippen LogP contribution in [0, 0.1) is 0 Å². The fourth-order valence-electron chi connectivity index (χ4n) is 3.58. The summed E-state index contributed by atoms with van der Waals surface area (Å²) in [6.07, 6.45) is 6.59. The van der Waals surface area contributed by atoms with Gasteiger partial charge in [-0.15, -0.1) is 0 Å². The summed E-state index contributed by atoms with van der Waals surface area (Å²) in [6, 6.07) is 6.03. The number of amides is 2. The SMILES string of the molecule is NC(=O)CC1CCCCN1C(=O)c1ccc2c(c1)CCC2. The van der Waals surface area contributed by atoms with Crippen LogP contribution in [0.2, 0.25) is 0 Å². The van der Waals surface area contributed by atoms with Gasteiger partial charge in [-0.05, 0) is 61.8 Å². The van der Waals surface area contributed by atoms with E-state index in [2.05, 4.69) is 6.07 Å². The van der Waals surface area contributed by atoms with Crippen LogP contribution in [-0.4, -0.2) is 29.3 Å². The normalized spacial score (nSPS) is 21.1. The molecule has 3 rings (SSSR count). The zero-order valence-electron chi connectivity index (χ0n) is 12.3. The van der Waals surface area contributed by atoms with Crippen molar-refractivity contribution < 1.29 is 9.59 Å². The highest BCUT2D eigenvalue weighted by molar-refractivity contribution is 5.95. The summed E-state index contributed by atoms with van der Waals surface area (Å²) in [5.74, 6) is -0.274. The molecule has 1 aromatic carbocycles. The molecular weight excluding hydrogens is 264 g/mol. The molecule has 0 aromatic heterocycles. The maximum absolute atomic E-state index is 12.8. The number of carbonyl (C=O) groups is 2. The molecule has 0 saturated carbocycles. The first-order valence-corrected chi connectivity index (χ1v) is 7.86. The number of nitrogens with zero attached hydrogens (tertiary/aromatic N) is 1. The minimum absolute atomic E-state index is 0.0306. The molecular formula is C17H22N2O2. The molecule has 2 amide bonds. The van der Waals surface area contributed by atoms with Gasteiger partial charge < -0.3 is 10.6 Å². The molecule has 2 aliphatic rings. The Morgan fingerprint density at radius 1 is 1.14 bits per heavy atom. The summed E-state index contributed by atoms with van der Waals surface area (Å²) in [6.45, 7) is 0.730. The molecule has 2 N–H and O–H groups in total. The molecule has 1 unspecified atom stereocenters. The maximum Gasteiger partial charge on any atom is 0.254 e. The van der Waals surface area contributed by atoms with Gasteiger partial charge in [0, 0.05) is 24.6 Å². The molecule has 1 aliphatic carbocycles. The molecule has 1 aliphatic heterocycles. The summed E-state index contributed by atoms with van der Waals surface area (Å²) < 4.78 is 0. The fraction of sp³-hybridized carbons (Fsp3) is 0.529. The van der Waals surface area contributed by atoms with Gasteiger partial charge in [-0.2, -0.15) is 0 Å². The van der Waals surface area contributed by atoms with Crippen molar-refractivity contribution in [3.8, 4) is 0 Å². The lowest BCUT2D eigenvalue weighted by atomic mass is 9.97. The van der Waals surface area contributed by atoms with E-state index in [-0.39, 0.29) is 24.3 Å². The summed E-state index contributed by atoms with van der Waals surface area (Å²) >= 11 is 0. The van der Waals surface area contributed by atoms with Gasteiger partial charge in [0.05, 0.1) is 0 Å².